The Morgan fingerprint density at radius 2 is 1.81 bits per heavy atom. The van der Waals surface area contributed by atoms with Crippen LogP contribution in [0.25, 0.3) is 0 Å². The number of likely N-dealkylation sites (tertiary alicyclic amines) is 1. The summed E-state index contributed by atoms with van der Waals surface area (Å²) in [4.78, 5) is 2.68. The highest BCUT2D eigenvalue weighted by Crippen LogP contribution is 2.43. The van der Waals surface area contributed by atoms with E-state index in [1.807, 2.05) is 0 Å². The molecule has 0 spiro atoms. The predicted molar refractivity (Wildman–Crippen MR) is 84.6 cm³/mol. The van der Waals surface area contributed by atoms with Crippen LogP contribution >= 0.6 is 0 Å². The summed E-state index contributed by atoms with van der Waals surface area (Å²) in [6.45, 7) is 6.92. The Morgan fingerprint density at radius 3 is 2.52 bits per heavy atom. The maximum Gasteiger partial charge on any atom is 0.125 e. The molecule has 1 aromatic rings. The molecule has 1 atom stereocenters. The van der Waals surface area contributed by atoms with E-state index in [1.54, 1.807) is 0 Å². The molecular weight excluding hydrogens is 260 g/mol. The van der Waals surface area contributed by atoms with Gasteiger partial charge in [-0.2, -0.15) is 0 Å². The zero-order chi connectivity index (χ0) is 14.4. The van der Waals surface area contributed by atoms with Crippen molar-refractivity contribution in [2.24, 2.45) is 0 Å². The van der Waals surface area contributed by atoms with Crippen molar-refractivity contribution in [2.75, 3.05) is 13.1 Å². The van der Waals surface area contributed by atoms with Gasteiger partial charge in [0.2, 0.25) is 0 Å². The second-order valence-electron chi connectivity index (χ2n) is 7.38. The summed E-state index contributed by atoms with van der Waals surface area (Å²) in [6.07, 6.45) is 5.39. The maximum absolute atomic E-state index is 6.14. The van der Waals surface area contributed by atoms with Crippen molar-refractivity contribution in [2.45, 2.75) is 63.3 Å². The van der Waals surface area contributed by atoms with Crippen molar-refractivity contribution in [1.82, 2.24) is 10.2 Å². The predicted octanol–water partition coefficient (Wildman–Crippen LogP) is 3.12. The highest BCUT2D eigenvalue weighted by atomic mass is 16.5. The number of nitrogens with one attached hydrogen (secondary N) is 1. The third-order valence-electron chi connectivity index (χ3n) is 5.29. The Kier molecular flexibility index (Phi) is 3.23. The number of para-hydroxylation sites is 1. The first-order valence-electron chi connectivity index (χ1n) is 8.41. The molecule has 114 valence electrons. The van der Waals surface area contributed by atoms with Gasteiger partial charge in [-0.3, -0.25) is 0 Å². The fourth-order valence-corrected chi connectivity index (χ4v) is 3.93. The molecule has 21 heavy (non-hydrogen) atoms. The van der Waals surface area contributed by atoms with Crippen molar-refractivity contribution in [3.8, 4) is 5.75 Å². The van der Waals surface area contributed by atoms with E-state index in [1.165, 1.54) is 44.3 Å². The first-order valence-corrected chi connectivity index (χ1v) is 8.41. The number of benzene rings is 1. The smallest absolute Gasteiger partial charge is 0.125 e. The van der Waals surface area contributed by atoms with Crippen LogP contribution in [-0.2, 0) is 0 Å². The summed E-state index contributed by atoms with van der Waals surface area (Å²) in [5.41, 5.74) is 1.17. The summed E-state index contributed by atoms with van der Waals surface area (Å²) in [6, 6.07) is 10.3. The second-order valence-corrected chi connectivity index (χ2v) is 7.38. The van der Waals surface area contributed by atoms with Gasteiger partial charge in [0.05, 0.1) is 6.04 Å². The zero-order valence-corrected chi connectivity index (χ0v) is 13.1. The van der Waals surface area contributed by atoms with Crippen LogP contribution in [-0.4, -0.2) is 35.7 Å². The lowest BCUT2D eigenvalue weighted by Gasteiger charge is -2.36. The molecule has 1 aromatic carbocycles. The van der Waals surface area contributed by atoms with Crippen LogP contribution in [0.2, 0.25) is 0 Å². The van der Waals surface area contributed by atoms with Crippen molar-refractivity contribution >= 4 is 0 Å². The monoisotopic (exact) mass is 286 g/mol. The molecule has 1 saturated carbocycles. The van der Waals surface area contributed by atoms with Crippen LogP contribution in [0.5, 0.6) is 5.75 Å². The quantitative estimate of drug-likeness (QED) is 0.924. The fourth-order valence-electron chi connectivity index (χ4n) is 3.93. The topological polar surface area (TPSA) is 24.5 Å². The second kappa shape index (κ2) is 4.99. The van der Waals surface area contributed by atoms with Crippen molar-refractivity contribution in [3.63, 3.8) is 0 Å². The van der Waals surface area contributed by atoms with Crippen LogP contribution in [0.3, 0.4) is 0 Å². The van der Waals surface area contributed by atoms with Crippen LogP contribution in [0, 0.1) is 0 Å². The van der Waals surface area contributed by atoms with E-state index in [9.17, 15) is 0 Å². The van der Waals surface area contributed by atoms with E-state index in [4.69, 9.17) is 4.74 Å². The van der Waals surface area contributed by atoms with Gasteiger partial charge >= 0.3 is 0 Å². The van der Waals surface area contributed by atoms with Crippen LogP contribution in [0.4, 0.5) is 0 Å². The Balaban J connectivity index is 1.44. The van der Waals surface area contributed by atoms with Crippen molar-refractivity contribution in [3.05, 3.63) is 29.8 Å². The molecule has 3 nitrogen and oxygen atoms in total. The van der Waals surface area contributed by atoms with E-state index >= 15 is 0 Å². The van der Waals surface area contributed by atoms with Gasteiger partial charge < -0.3 is 15.0 Å². The Hall–Kier alpha value is -1.06. The zero-order valence-electron chi connectivity index (χ0n) is 13.1. The highest BCUT2D eigenvalue weighted by molar-refractivity contribution is 5.42. The number of hydrogen-bond donors (Lipinski definition) is 1. The summed E-state index contributed by atoms with van der Waals surface area (Å²) in [5, 5.41) is 3.89. The lowest BCUT2D eigenvalue weighted by Crippen LogP contribution is -2.48. The molecule has 3 aliphatic rings. The number of piperidine rings is 1. The average molecular weight is 286 g/mol. The lowest BCUT2D eigenvalue weighted by atomic mass is 9.92. The summed E-state index contributed by atoms with van der Waals surface area (Å²) >= 11 is 0. The Morgan fingerprint density at radius 1 is 1.10 bits per heavy atom. The van der Waals surface area contributed by atoms with Gasteiger partial charge in [0.25, 0.3) is 0 Å². The summed E-state index contributed by atoms with van der Waals surface area (Å²) in [5.74, 6) is 1.05. The molecule has 0 bridgehead atoms. The SMILES string of the molecule is CC1(C)Oc2ccccc2C1NC1CCN(C2CC2)CC1. The minimum Gasteiger partial charge on any atom is -0.486 e. The molecule has 1 unspecified atom stereocenters. The van der Waals surface area contributed by atoms with Gasteiger partial charge in [-0.1, -0.05) is 18.2 Å². The van der Waals surface area contributed by atoms with Gasteiger partial charge in [-0.25, -0.2) is 0 Å². The van der Waals surface area contributed by atoms with Gasteiger partial charge in [-0.15, -0.1) is 0 Å². The molecule has 0 radical (unpaired) electrons. The normalized spacial score (nSPS) is 29.1. The van der Waals surface area contributed by atoms with Gasteiger partial charge in [0.1, 0.15) is 11.4 Å². The minimum absolute atomic E-state index is 0.155. The van der Waals surface area contributed by atoms with Crippen molar-refractivity contribution < 1.29 is 4.74 Å². The number of nitrogens with zero attached hydrogens (tertiary/aromatic N) is 1. The molecule has 2 heterocycles. The van der Waals surface area contributed by atoms with E-state index in [-0.39, 0.29) is 5.60 Å². The molecule has 1 aliphatic carbocycles. The van der Waals surface area contributed by atoms with Crippen molar-refractivity contribution in [1.29, 1.82) is 0 Å². The standard InChI is InChI=1S/C18H26N2O/c1-18(2)17(15-5-3-4-6-16(15)21-18)19-13-9-11-20(12-10-13)14-7-8-14/h3-6,13-14,17,19H,7-12H2,1-2H3. The third-order valence-corrected chi connectivity index (χ3v) is 5.29. The average Bonchev–Trinajstić information content (AvgIpc) is 3.27. The summed E-state index contributed by atoms with van der Waals surface area (Å²) in [7, 11) is 0. The first-order chi connectivity index (χ1) is 10.1. The molecule has 2 aliphatic heterocycles. The molecule has 0 amide bonds. The summed E-state index contributed by atoms with van der Waals surface area (Å²) < 4.78 is 6.14. The number of hydrogen-bond acceptors (Lipinski definition) is 3. The molecular formula is C18H26N2O. The molecule has 1 saturated heterocycles. The van der Waals surface area contributed by atoms with Crippen LogP contribution in [0.1, 0.15) is 51.1 Å². The maximum atomic E-state index is 6.14. The highest BCUT2D eigenvalue weighted by Gasteiger charge is 2.42. The van der Waals surface area contributed by atoms with E-state index < -0.39 is 0 Å². The van der Waals surface area contributed by atoms with Gasteiger partial charge in [-0.05, 0) is 58.7 Å². The fraction of sp³-hybridized carbons (Fsp3) is 0.667. The lowest BCUT2D eigenvalue weighted by molar-refractivity contribution is 0.0821. The first kappa shape index (κ1) is 13.6. The molecule has 4 rings (SSSR count). The van der Waals surface area contributed by atoms with E-state index in [0.29, 0.717) is 12.1 Å². The number of ether oxygens (including phenoxy) is 1. The van der Waals surface area contributed by atoms with Crippen LogP contribution in [0.15, 0.2) is 24.3 Å². The Bertz CT molecular complexity index is 516. The van der Waals surface area contributed by atoms with Gasteiger partial charge in [0.15, 0.2) is 0 Å². The minimum atomic E-state index is -0.155. The largest absolute Gasteiger partial charge is 0.486 e. The van der Waals surface area contributed by atoms with Gasteiger partial charge in [0, 0.05) is 17.6 Å². The van der Waals surface area contributed by atoms with Crippen LogP contribution < -0.4 is 10.1 Å². The van der Waals surface area contributed by atoms with E-state index in [0.717, 1.165) is 11.8 Å². The molecule has 2 fully saturated rings. The molecule has 1 N–H and O–H groups in total. The number of fused-ring (bicyclic) bond motifs is 1. The molecule has 3 heteroatoms. The molecule has 0 aromatic heterocycles. The third kappa shape index (κ3) is 2.58. The number of rotatable bonds is 3. The Labute approximate surface area is 127 Å². The van der Waals surface area contributed by atoms with E-state index in [2.05, 4.69) is 48.3 Å².